The van der Waals surface area contributed by atoms with Crippen LogP contribution in [0.4, 0.5) is 0 Å². The molecule has 1 aromatic heterocycles. The Hall–Kier alpha value is -1.85. The van der Waals surface area contributed by atoms with E-state index in [0.717, 1.165) is 0 Å². The maximum Gasteiger partial charge on any atom is 0.328 e. The fourth-order valence-electron chi connectivity index (χ4n) is 1.50. The first kappa shape index (κ1) is 14.2. The molecule has 1 rings (SSSR count). The summed E-state index contributed by atoms with van der Waals surface area (Å²) in [6.07, 6.45) is 1.33. The number of H-pyrrole nitrogens is 1. The van der Waals surface area contributed by atoms with Gasteiger partial charge in [0.1, 0.15) is 6.54 Å². The van der Waals surface area contributed by atoms with Crippen molar-refractivity contribution in [2.75, 3.05) is 7.05 Å². The van der Waals surface area contributed by atoms with Crippen molar-refractivity contribution in [3.8, 4) is 0 Å². The number of carbonyl (C=O) groups excluding carboxylic acids is 1. The van der Waals surface area contributed by atoms with Crippen LogP contribution >= 0.6 is 0 Å². The molecule has 1 atom stereocenters. The third-order valence-corrected chi connectivity index (χ3v) is 3.17. The van der Waals surface area contributed by atoms with Crippen LogP contribution in [-0.4, -0.2) is 33.4 Å². The standard InChI is InChI=1S/C12H19N3O3/c1-8(2)9(3)14(4)11(17)7-15-6-5-10(16)13-12(15)18/h5-6,8-9H,7H2,1-4H3,(H,13,16,18). The van der Waals surface area contributed by atoms with E-state index in [4.69, 9.17) is 0 Å². The van der Waals surface area contributed by atoms with E-state index in [-0.39, 0.29) is 18.5 Å². The molecule has 0 fully saturated rings. The number of carbonyl (C=O) groups is 1. The summed E-state index contributed by atoms with van der Waals surface area (Å²) >= 11 is 0. The Morgan fingerprint density at radius 1 is 1.39 bits per heavy atom. The summed E-state index contributed by atoms with van der Waals surface area (Å²) in [6.45, 7) is 5.95. The molecule has 0 saturated carbocycles. The maximum absolute atomic E-state index is 12.0. The summed E-state index contributed by atoms with van der Waals surface area (Å²) < 4.78 is 1.19. The normalized spacial score (nSPS) is 12.5. The molecule has 0 radical (unpaired) electrons. The van der Waals surface area contributed by atoms with Crippen LogP contribution in [-0.2, 0) is 11.3 Å². The van der Waals surface area contributed by atoms with E-state index in [2.05, 4.69) is 4.98 Å². The summed E-state index contributed by atoms with van der Waals surface area (Å²) in [5.74, 6) is 0.177. The highest BCUT2D eigenvalue weighted by Crippen LogP contribution is 2.08. The predicted octanol–water partition coefficient (Wildman–Crippen LogP) is 0.0395. The maximum atomic E-state index is 12.0. The lowest BCUT2D eigenvalue weighted by molar-refractivity contribution is -0.133. The average Bonchev–Trinajstić information content (AvgIpc) is 2.30. The van der Waals surface area contributed by atoms with Crippen LogP contribution in [0.2, 0.25) is 0 Å². The van der Waals surface area contributed by atoms with Gasteiger partial charge in [0.2, 0.25) is 5.91 Å². The number of likely N-dealkylation sites (N-methyl/N-ethyl adjacent to an activating group) is 1. The molecule has 1 heterocycles. The molecular formula is C12H19N3O3. The van der Waals surface area contributed by atoms with Gasteiger partial charge in [-0.2, -0.15) is 0 Å². The molecule has 0 aliphatic heterocycles. The summed E-state index contributed by atoms with van der Waals surface area (Å²) in [5.41, 5.74) is -1.03. The molecule has 0 saturated heterocycles. The molecule has 0 bridgehead atoms. The Morgan fingerprint density at radius 2 is 2.00 bits per heavy atom. The van der Waals surface area contributed by atoms with Gasteiger partial charge in [-0.1, -0.05) is 13.8 Å². The smallest absolute Gasteiger partial charge is 0.328 e. The van der Waals surface area contributed by atoms with E-state index in [9.17, 15) is 14.4 Å². The molecule has 6 heteroatoms. The third-order valence-electron chi connectivity index (χ3n) is 3.17. The molecule has 1 unspecified atom stereocenters. The fraction of sp³-hybridized carbons (Fsp3) is 0.583. The SMILES string of the molecule is CC(C)C(C)N(C)C(=O)Cn1ccc(=O)[nH]c1=O. The van der Waals surface area contributed by atoms with Crippen molar-refractivity contribution in [2.24, 2.45) is 5.92 Å². The number of amides is 1. The van der Waals surface area contributed by atoms with Gasteiger partial charge in [0, 0.05) is 25.4 Å². The van der Waals surface area contributed by atoms with Gasteiger partial charge in [-0.3, -0.25) is 19.1 Å². The average molecular weight is 253 g/mol. The Labute approximate surface area is 105 Å². The molecule has 18 heavy (non-hydrogen) atoms. The Kier molecular flexibility index (Phi) is 4.47. The number of hydrogen-bond donors (Lipinski definition) is 1. The molecule has 0 aliphatic rings. The first-order valence-electron chi connectivity index (χ1n) is 5.88. The topological polar surface area (TPSA) is 75.2 Å². The van der Waals surface area contributed by atoms with Gasteiger partial charge >= 0.3 is 5.69 Å². The van der Waals surface area contributed by atoms with E-state index >= 15 is 0 Å². The van der Waals surface area contributed by atoms with Crippen LogP contribution in [0.15, 0.2) is 21.9 Å². The Morgan fingerprint density at radius 3 is 2.50 bits per heavy atom. The zero-order valence-electron chi connectivity index (χ0n) is 11.1. The first-order chi connectivity index (χ1) is 8.32. The lowest BCUT2D eigenvalue weighted by Gasteiger charge is -2.28. The van der Waals surface area contributed by atoms with Crippen molar-refractivity contribution < 1.29 is 4.79 Å². The van der Waals surface area contributed by atoms with Gasteiger partial charge < -0.3 is 4.90 Å². The zero-order chi connectivity index (χ0) is 13.9. The summed E-state index contributed by atoms with van der Waals surface area (Å²) in [7, 11) is 1.71. The second kappa shape index (κ2) is 5.66. The van der Waals surface area contributed by atoms with Gasteiger partial charge in [0.05, 0.1) is 0 Å². The van der Waals surface area contributed by atoms with E-state index in [1.54, 1.807) is 11.9 Å². The number of nitrogens with zero attached hydrogens (tertiary/aromatic N) is 2. The van der Waals surface area contributed by atoms with Crippen LogP contribution in [0.5, 0.6) is 0 Å². The van der Waals surface area contributed by atoms with Gasteiger partial charge in [0.15, 0.2) is 0 Å². The number of aromatic amines is 1. The molecule has 0 aromatic carbocycles. The lowest BCUT2D eigenvalue weighted by Crippen LogP contribution is -2.42. The lowest BCUT2D eigenvalue weighted by atomic mass is 10.1. The first-order valence-corrected chi connectivity index (χ1v) is 5.88. The highest BCUT2D eigenvalue weighted by molar-refractivity contribution is 5.76. The third kappa shape index (κ3) is 3.32. The van der Waals surface area contributed by atoms with Crippen molar-refractivity contribution in [2.45, 2.75) is 33.4 Å². The molecule has 1 aromatic rings. The Balaban J connectivity index is 2.82. The molecule has 100 valence electrons. The summed E-state index contributed by atoms with van der Waals surface area (Å²) in [6, 6.07) is 1.32. The summed E-state index contributed by atoms with van der Waals surface area (Å²) in [5, 5.41) is 0. The van der Waals surface area contributed by atoms with Crippen molar-refractivity contribution in [1.29, 1.82) is 0 Å². The molecular weight excluding hydrogens is 234 g/mol. The van der Waals surface area contributed by atoms with Crippen molar-refractivity contribution in [3.63, 3.8) is 0 Å². The minimum atomic E-state index is -0.568. The highest BCUT2D eigenvalue weighted by Gasteiger charge is 2.18. The predicted molar refractivity (Wildman–Crippen MR) is 68.4 cm³/mol. The molecule has 0 aliphatic carbocycles. The minimum Gasteiger partial charge on any atom is -0.341 e. The fourth-order valence-corrected chi connectivity index (χ4v) is 1.50. The molecule has 0 spiro atoms. The van der Waals surface area contributed by atoms with Crippen molar-refractivity contribution >= 4 is 5.91 Å². The van der Waals surface area contributed by atoms with Crippen molar-refractivity contribution in [1.82, 2.24) is 14.5 Å². The van der Waals surface area contributed by atoms with Crippen LogP contribution in [0, 0.1) is 5.92 Å². The van der Waals surface area contributed by atoms with Crippen LogP contribution in [0.3, 0.4) is 0 Å². The zero-order valence-corrected chi connectivity index (χ0v) is 11.1. The second-order valence-electron chi connectivity index (χ2n) is 4.73. The van der Waals surface area contributed by atoms with Gasteiger partial charge in [-0.05, 0) is 12.8 Å². The van der Waals surface area contributed by atoms with E-state index in [0.29, 0.717) is 5.92 Å². The number of aromatic nitrogens is 2. The molecule has 1 N–H and O–H groups in total. The minimum absolute atomic E-state index is 0.0663. The van der Waals surface area contributed by atoms with E-state index < -0.39 is 11.2 Å². The quantitative estimate of drug-likeness (QED) is 0.823. The number of rotatable bonds is 4. The van der Waals surface area contributed by atoms with Crippen molar-refractivity contribution in [3.05, 3.63) is 33.1 Å². The second-order valence-corrected chi connectivity index (χ2v) is 4.73. The van der Waals surface area contributed by atoms with Gasteiger partial charge in [-0.25, -0.2) is 4.79 Å². The largest absolute Gasteiger partial charge is 0.341 e. The Bertz CT molecular complexity index is 530. The van der Waals surface area contributed by atoms with Crippen LogP contribution < -0.4 is 11.2 Å². The van der Waals surface area contributed by atoms with Crippen LogP contribution in [0.25, 0.3) is 0 Å². The monoisotopic (exact) mass is 253 g/mol. The van der Waals surface area contributed by atoms with E-state index in [1.165, 1.54) is 16.8 Å². The van der Waals surface area contributed by atoms with Crippen LogP contribution in [0.1, 0.15) is 20.8 Å². The van der Waals surface area contributed by atoms with Gasteiger partial charge in [0.25, 0.3) is 5.56 Å². The molecule has 6 nitrogen and oxygen atoms in total. The molecule has 1 amide bonds. The van der Waals surface area contributed by atoms with Gasteiger partial charge in [-0.15, -0.1) is 0 Å². The number of hydrogen-bond acceptors (Lipinski definition) is 3. The van der Waals surface area contributed by atoms with E-state index in [1.807, 2.05) is 20.8 Å². The number of nitrogens with one attached hydrogen (secondary N) is 1. The summed E-state index contributed by atoms with van der Waals surface area (Å²) in [4.78, 5) is 38.0. The highest BCUT2D eigenvalue weighted by atomic mass is 16.2.